The molecular formula is C19H19N3O2. The van der Waals surface area contributed by atoms with Crippen LogP contribution in [0.4, 0.5) is 0 Å². The lowest BCUT2D eigenvalue weighted by atomic mass is 10.2. The van der Waals surface area contributed by atoms with E-state index in [1.165, 1.54) is 0 Å². The second kappa shape index (κ2) is 7.55. The molecule has 2 heterocycles. The van der Waals surface area contributed by atoms with Crippen LogP contribution in [0.25, 0.3) is 6.08 Å². The lowest BCUT2D eigenvalue weighted by Crippen LogP contribution is -2.50. The highest BCUT2D eigenvalue weighted by Gasteiger charge is 2.23. The summed E-state index contributed by atoms with van der Waals surface area (Å²) in [5.41, 5.74) is 1.58. The van der Waals surface area contributed by atoms with Crippen molar-refractivity contribution < 1.29 is 9.59 Å². The van der Waals surface area contributed by atoms with Crippen LogP contribution in [0.15, 0.2) is 60.9 Å². The van der Waals surface area contributed by atoms with Crippen LogP contribution >= 0.6 is 0 Å². The van der Waals surface area contributed by atoms with E-state index in [1.807, 2.05) is 42.5 Å². The van der Waals surface area contributed by atoms with Crippen LogP contribution in [0, 0.1) is 0 Å². The number of aromatic nitrogens is 1. The summed E-state index contributed by atoms with van der Waals surface area (Å²) in [5.74, 6) is -0.0146. The monoisotopic (exact) mass is 321 g/mol. The maximum absolute atomic E-state index is 12.4. The van der Waals surface area contributed by atoms with Crippen molar-refractivity contribution in [1.29, 1.82) is 0 Å². The van der Waals surface area contributed by atoms with Crippen molar-refractivity contribution in [1.82, 2.24) is 14.8 Å². The lowest BCUT2D eigenvalue weighted by Gasteiger charge is -2.34. The van der Waals surface area contributed by atoms with Gasteiger partial charge >= 0.3 is 0 Å². The Bertz CT molecular complexity index is 721. The molecule has 0 radical (unpaired) electrons. The molecule has 2 amide bonds. The molecule has 0 unspecified atom stereocenters. The molecule has 1 aliphatic heterocycles. The fourth-order valence-electron chi connectivity index (χ4n) is 2.64. The Kier molecular flexibility index (Phi) is 5.01. The first kappa shape index (κ1) is 15.9. The molecule has 122 valence electrons. The Morgan fingerprint density at radius 2 is 1.62 bits per heavy atom. The number of nitrogens with zero attached hydrogens (tertiary/aromatic N) is 3. The maximum Gasteiger partial charge on any atom is 0.253 e. The number of hydrogen-bond donors (Lipinski definition) is 0. The van der Waals surface area contributed by atoms with Gasteiger partial charge in [-0.05, 0) is 29.8 Å². The van der Waals surface area contributed by atoms with Crippen LogP contribution in [0.2, 0.25) is 0 Å². The summed E-state index contributed by atoms with van der Waals surface area (Å²) in [6, 6.07) is 13.0. The molecule has 1 aromatic carbocycles. The van der Waals surface area contributed by atoms with Gasteiger partial charge in [-0.1, -0.05) is 24.3 Å². The average molecular weight is 321 g/mol. The van der Waals surface area contributed by atoms with E-state index in [4.69, 9.17) is 0 Å². The SMILES string of the molecule is O=C(/C=C/c1cccnc1)N1CCN(C(=O)c2ccccc2)CC1. The minimum atomic E-state index is -0.0364. The topological polar surface area (TPSA) is 53.5 Å². The number of carbonyl (C=O) groups excluding carboxylic acids is 2. The molecule has 2 aromatic rings. The van der Waals surface area contributed by atoms with E-state index in [1.54, 1.807) is 34.3 Å². The van der Waals surface area contributed by atoms with Crippen LogP contribution in [0.1, 0.15) is 15.9 Å². The molecule has 0 aliphatic carbocycles. The molecule has 0 bridgehead atoms. The van der Waals surface area contributed by atoms with Gasteiger partial charge in [0.1, 0.15) is 0 Å². The molecule has 0 N–H and O–H groups in total. The quantitative estimate of drug-likeness (QED) is 0.813. The minimum absolute atomic E-state index is 0.0219. The summed E-state index contributed by atoms with van der Waals surface area (Å²) in [4.78, 5) is 32.2. The van der Waals surface area contributed by atoms with Crippen molar-refractivity contribution >= 4 is 17.9 Å². The summed E-state index contributed by atoms with van der Waals surface area (Å²) in [6.07, 6.45) is 6.73. The Hall–Kier alpha value is -2.95. The van der Waals surface area contributed by atoms with Crippen LogP contribution in [-0.4, -0.2) is 52.8 Å². The summed E-state index contributed by atoms with van der Waals surface area (Å²) >= 11 is 0. The van der Waals surface area contributed by atoms with Gasteiger partial charge in [-0.3, -0.25) is 14.6 Å². The number of benzene rings is 1. The first-order chi connectivity index (χ1) is 11.7. The van der Waals surface area contributed by atoms with Gasteiger partial charge in [-0.2, -0.15) is 0 Å². The summed E-state index contributed by atoms with van der Waals surface area (Å²) in [5, 5.41) is 0. The van der Waals surface area contributed by atoms with Crippen molar-refractivity contribution in [2.75, 3.05) is 26.2 Å². The van der Waals surface area contributed by atoms with Crippen molar-refractivity contribution in [2.45, 2.75) is 0 Å². The Morgan fingerprint density at radius 3 is 2.29 bits per heavy atom. The molecule has 0 atom stereocenters. The van der Waals surface area contributed by atoms with Crippen LogP contribution < -0.4 is 0 Å². The Balaban J connectivity index is 1.54. The van der Waals surface area contributed by atoms with Gasteiger partial charge in [0.15, 0.2) is 0 Å². The van der Waals surface area contributed by atoms with Crippen LogP contribution in [-0.2, 0) is 4.79 Å². The summed E-state index contributed by atoms with van der Waals surface area (Å²) in [6.45, 7) is 2.21. The summed E-state index contributed by atoms with van der Waals surface area (Å²) < 4.78 is 0. The zero-order chi connectivity index (χ0) is 16.8. The van der Waals surface area contributed by atoms with Gasteiger partial charge < -0.3 is 9.80 Å². The van der Waals surface area contributed by atoms with Gasteiger partial charge in [0.25, 0.3) is 5.91 Å². The first-order valence-corrected chi connectivity index (χ1v) is 7.95. The molecule has 0 saturated carbocycles. The second-order valence-corrected chi connectivity index (χ2v) is 5.60. The second-order valence-electron chi connectivity index (χ2n) is 5.60. The van der Waals surface area contributed by atoms with Crippen LogP contribution in [0.5, 0.6) is 0 Å². The Morgan fingerprint density at radius 1 is 0.917 bits per heavy atom. The smallest absolute Gasteiger partial charge is 0.253 e. The van der Waals surface area contributed by atoms with Crippen molar-refractivity contribution in [3.05, 3.63) is 72.1 Å². The van der Waals surface area contributed by atoms with E-state index in [0.29, 0.717) is 31.7 Å². The number of piperazine rings is 1. The zero-order valence-corrected chi connectivity index (χ0v) is 13.3. The third-order valence-electron chi connectivity index (χ3n) is 4.00. The fraction of sp³-hybridized carbons (Fsp3) is 0.211. The molecule has 1 fully saturated rings. The van der Waals surface area contributed by atoms with Crippen molar-refractivity contribution in [3.8, 4) is 0 Å². The number of rotatable bonds is 3. The molecular weight excluding hydrogens is 302 g/mol. The van der Waals surface area contributed by atoms with E-state index in [0.717, 1.165) is 5.56 Å². The maximum atomic E-state index is 12.4. The number of pyridine rings is 1. The molecule has 1 aliphatic rings. The van der Waals surface area contributed by atoms with E-state index < -0.39 is 0 Å². The Labute approximate surface area is 141 Å². The van der Waals surface area contributed by atoms with E-state index in [9.17, 15) is 9.59 Å². The van der Waals surface area contributed by atoms with E-state index in [-0.39, 0.29) is 11.8 Å². The van der Waals surface area contributed by atoms with Gasteiger partial charge in [-0.25, -0.2) is 0 Å². The highest BCUT2D eigenvalue weighted by molar-refractivity contribution is 5.95. The molecule has 5 heteroatoms. The molecule has 1 aromatic heterocycles. The highest BCUT2D eigenvalue weighted by atomic mass is 16.2. The van der Waals surface area contributed by atoms with E-state index in [2.05, 4.69) is 4.98 Å². The molecule has 24 heavy (non-hydrogen) atoms. The number of amides is 2. The fourth-order valence-corrected chi connectivity index (χ4v) is 2.64. The molecule has 0 spiro atoms. The van der Waals surface area contributed by atoms with Crippen molar-refractivity contribution in [2.24, 2.45) is 0 Å². The number of hydrogen-bond acceptors (Lipinski definition) is 3. The van der Waals surface area contributed by atoms with Gasteiger partial charge in [0, 0.05) is 50.2 Å². The predicted molar refractivity (Wildman–Crippen MR) is 92.2 cm³/mol. The predicted octanol–water partition coefficient (Wildman–Crippen LogP) is 2.08. The largest absolute Gasteiger partial charge is 0.336 e. The lowest BCUT2D eigenvalue weighted by molar-refractivity contribution is -0.127. The average Bonchev–Trinajstić information content (AvgIpc) is 2.67. The molecule has 1 saturated heterocycles. The standard InChI is InChI=1S/C19H19N3O2/c23-18(9-8-16-5-4-10-20-15-16)21-11-13-22(14-12-21)19(24)17-6-2-1-3-7-17/h1-10,15H,11-14H2/b9-8+. The third kappa shape index (κ3) is 3.87. The number of carbonyl (C=O) groups is 2. The van der Waals surface area contributed by atoms with Crippen molar-refractivity contribution in [3.63, 3.8) is 0 Å². The van der Waals surface area contributed by atoms with Gasteiger partial charge in [-0.15, -0.1) is 0 Å². The normalized spacial score (nSPS) is 14.8. The van der Waals surface area contributed by atoms with Crippen LogP contribution in [0.3, 0.4) is 0 Å². The first-order valence-electron chi connectivity index (χ1n) is 7.95. The minimum Gasteiger partial charge on any atom is -0.336 e. The van der Waals surface area contributed by atoms with E-state index >= 15 is 0 Å². The highest BCUT2D eigenvalue weighted by Crippen LogP contribution is 2.09. The zero-order valence-electron chi connectivity index (χ0n) is 13.3. The van der Waals surface area contributed by atoms with Gasteiger partial charge in [0.05, 0.1) is 0 Å². The third-order valence-corrected chi connectivity index (χ3v) is 4.00. The van der Waals surface area contributed by atoms with Gasteiger partial charge in [0.2, 0.25) is 5.91 Å². The molecule has 5 nitrogen and oxygen atoms in total. The molecule has 3 rings (SSSR count). The summed E-state index contributed by atoms with van der Waals surface area (Å²) in [7, 11) is 0.